The zero-order valence-corrected chi connectivity index (χ0v) is 9.41. The Hall–Kier alpha value is -0.0800. The van der Waals surface area contributed by atoms with E-state index in [0.29, 0.717) is 6.04 Å². The predicted octanol–water partition coefficient (Wildman–Crippen LogP) is 1.99. The van der Waals surface area contributed by atoms with Crippen LogP contribution < -0.4 is 5.73 Å². The molecule has 0 aromatic rings. The molecule has 2 fully saturated rings. The molecule has 0 bridgehead atoms. The zero-order valence-electron chi connectivity index (χ0n) is 9.41. The topological polar surface area (TPSA) is 29.3 Å². The Morgan fingerprint density at radius 3 is 2.64 bits per heavy atom. The molecule has 0 aromatic carbocycles. The van der Waals surface area contributed by atoms with Gasteiger partial charge in [-0.25, -0.2) is 0 Å². The maximum absolute atomic E-state index is 5.83. The first kappa shape index (κ1) is 10.4. The molecule has 1 heterocycles. The lowest BCUT2D eigenvalue weighted by atomic mass is 9.84. The van der Waals surface area contributed by atoms with Crippen LogP contribution in [-0.2, 0) is 0 Å². The highest BCUT2D eigenvalue weighted by atomic mass is 15.2. The van der Waals surface area contributed by atoms with Crippen molar-refractivity contribution in [3.8, 4) is 0 Å². The number of hydrogen-bond donors (Lipinski definition) is 1. The van der Waals surface area contributed by atoms with Gasteiger partial charge in [0.25, 0.3) is 0 Å². The van der Waals surface area contributed by atoms with Gasteiger partial charge in [0.1, 0.15) is 0 Å². The molecule has 1 aliphatic carbocycles. The van der Waals surface area contributed by atoms with Crippen molar-refractivity contribution in [1.29, 1.82) is 0 Å². The highest BCUT2D eigenvalue weighted by molar-refractivity contribution is 4.89. The van der Waals surface area contributed by atoms with Crippen molar-refractivity contribution in [2.45, 2.75) is 57.5 Å². The summed E-state index contributed by atoms with van der Waals surface area (Å²) in [5.41, 5.74) is 5.83. The lowest BCUT2D eigenvalue weighted by molar-refractivity contribution is 0.103. The third-order valence-corrected chi connectivity index (χ3v) is 4.19. The molecule has 0 aromatic heterocycles. The fourth-order valence-electron chi connectivity index (χ4n) is 3.34. The van der Waals surface area contributed by atoms with Crippen LogP contribution in [0.25, 0.3) is 0 Å². The molecule has 2 rings (SSSR count). The third kappa shape index (κ3) is 1.96. The van der Waals surface area contributed by atoms with Gasteiger partial charge >= 0.3 is 0 Å². The van der Waals surface area contributed by atoms with Gasteiger partial charge in [-0.15, -0.1) is 0 Å². The molecule has 2 nitrogen and oxygen atoms in total. The van der Waals surface area contributed by atoms with E-state index in [2.05, 4.69) is 11.8 Å². The Morgan fingerprint density at radius 1 is 1.14 bits per heavy atom. The molecule has 1 saturated carbocycles. The van der Waals surface area contributed by atoms with Crippen LogP contribution in [-0.4, -0.2) is 30.1 Å². The Kier molecular flexibility index (Phi) is 3.45. The largest absolute Gasteiger partial charge is 0.329 e. The first-order chi connectivity index (χ1) is 6.83. The van der Waals surface area contributed by atoms with Crippen LogP contribution in [0, 0.1) is 5.92 Å². The molecular formula is C12H24N2. The lowest BCUT2D eigenvalue weighted by Crippen LogP contribution is -2.46. The van der Waals surface area contributed by atoms with Gasteiger partial charge in [-0.05, 0) is 38.1 Å². The van der Waals surface area contributed by atoms with Crippen LogP contribution >= 0.6 is 0 Å². The Labute approximate surface area is 87.8 Å². The second kappa shape index (κ2) is 4.63. The van der Waals surface area contributed by atoms with Gasteiger partial charge in [0, 0.05) is 18.6 Å². The van der Waals surface area contributed by atoms with E-state index in [1.54, 1.807) is 0 Å². The maximum Gasteiger partial charge on any atom is 0.0221 e. The summed E-state index contributed by atoms with van der Waals surface area (Å²) in [4.78, 5) is 2.71. The third-order valence-electron chi connectivity index (χ3n) is 4.19. The van der Waals surface area contributed by atoms with Crippen molar-refractivity contribution in [3.05, 3.63) is 0 Å². The van der Waals surface area contributed by atoms with Gasteiger partial charge < -0.3 is 5.73 Å². The highest BCUT2D eigenvalue weighted by Gasteiger charge is 2.33. The smallest absolute Gasteiger partial charge is 0.0221 e. The van der Waals surface area contributed by atoms with E-state index in [-0.39, 0.29) is 0 Å². The van der Waals surface area contributed by atoms with Crippen molar-refractivity contribution < 1.29 is 0 Å². The molecule has 14 heavy (non-hydrogen) atoms. The molecule has 2 heteroatoms. The number of rotatable bonds is 2. The molecule has 2 N–H and O–H groups in total. The second-order valence-corrected chi connectivity index (χ2v) is 5.10. The quantitative estimate of drug-likeness (QED) is 0.732. The van der Waals surface area contributed by atoms with E-state index >= 15 is 0 Å². The Balaban J connectivity index is 1.97. The number of likely N-dealkylation sites (tertiary alicyclic amines) is 1. The summed E-state index contributed by atoms with van der Waals surface area (Å²) in [6.07, 6.45) is 8.42. The van der Waals surface area contributed by atoms with Gasteiger partial charge in [-0.3, -0.25) is 4.90 Å². The van der Waals surface area contributed by atoms with Gasteiger partial charge in [0.2, 0.25) is 0 Å². The van der Waals surface area contributed by atoms with Gasteiger partial charge in [-0.2, -0.15) is 0 Å². The summed E-state index contributed by atoms with van der Waals surface area (Å²) in [5.74, 6) is 0.899. The minimum Gasteiger partial charge on any atom is -0.329 e. The van der Waals surface area contributed by atoms with E-state index in [9.17, 15) is 0 Å². The van der Waals surface area contributed by atoms with Crippen molar-refractivity contribution >= 4 is 0 Å². The molecule has 1 aliphatic heterocycles. The lowest BCUT2D eigenvalue weighted by Gasteiger charge is -2.39. The first-order valence-electron chi connectivity index (χ1n) is 6.28. The minimum absolute atomic E-state index is 0.695. The normalized spacial score (nSPS) is 40.3. The fourth-order valence-corrected chi connectivity index (χ4v) is 3.34. The van der Waals surface area contributed by atoms with Crippen LogP contribution in [0.15, 0.2) is 0 Å². The molecule has 1 saturated heterocycles. The maximum atomic E-state index is 5.83. The van der Waals surface area contributed by atoms with E-state index in [1.165, 1.54) is 45.1 Å². The zero-order chi connectivity index (χ0) is 9.97. The summed E-state index contributed by atoms with van der Waals surface area (Å²) >= 11 is 0. The van der Waals surface area contributed by atoms with Crippen LogP contribution in [0.3, 0.4) is 0 Å². The van der Waals surface area contributed by atoms with E-state index in [1.807, 2.05) is 0 Å². The number of nitrogens with zero attached hydrogens (tertiary/aromatic N) is 1. The van der Waals surface area contributed by atoms with Gasteiger partial charge in [0.05, 0.1) is 0 Å². The number of nitrogens with two attached hydrogens (primary N) is 1. The summed E-state index contributed by atoms with van der Waals surface area (Å²) in [7, 11) is 0. The van der Waals surface area contributed by atoms with Crippen LogP contribution in [0.4, 0.5) is 0 Å². The molecule has 3 atom stereocenters. The summed E-state index contributed by atoms with van der Waals surface area (Å²) in [5, 5.41) is 0. The molecular weight excluding hydrogens is 172 g/mol. The monoisotopic (exact) mass is 196 g/mol. The summed E-state index contributed by atoms with van der Waals surface area (Å²) in [6.45, 7) is 4.59. The van der Waals surface area contributed by atoms with Crippen molar-refractivity contribution in [2.24, 2.45) is 11.7 Å². The number of hydrogen-bond acceptors (Lipinski definition) is 2. The van der Waals surface area contributed by atoms with Crippen molar-refractivity contribution in [3.63, 3.8) is 0 Å². The minimum atomic E-state index is 0.695. The molecule has 0 spiro atoms. The fraction of sp³-hybridized carbons (Fsp3) is 1.00. The molecule has 2 aliphatic rings. The molecule has 3 unspecified atom stereocenters. The van der Waals surface area contributed by atoms with Gasteiger partial charge in [-0.1, -0.05) is 19.8 Å². The summed E-state index contributed by atoms with van der Waals surface area (Å²) < 4.78 is 0. The highest BCUT2D eigenvalue weighted by Crippen LogP contribution is 2.32. The van der Waals surface area contributed by atoms with Crippen molar-refractivity contribution in [2.75, 3.05) is 13.1 Å². The van der Waals surface area contributed by atoms with E-state index in [4.69, 9.17) is 5.73 Å². The second-order valence-electron chi connectivity index (χ2n) is 5.10. The molecule has 82 valence electrons. The predicted molar refractivity (Wildman–Crippen MR) is 60.2 cm³/mol. The molecule has 0 radical (unpaired) electrons. The average Bonchev–Trinajstić information content (AvgIpc) is 2.66. The Morgan fingerprint density at radius 2 is 1.93 bits per heavy atom. The van der Waals surface area contributed by atoms with Crippen molar-refractivity contribution in [1.82, 2.24) is 4.90 Å². The summed E-state index contributed by atoms with van der Waals surface area (Å²) in [6, 6.07) is 1.54. The van der Waals surface area contributed by atoms with E-state index in [0.717, 1.165) is 18.5 Å². The SMILES string of the molecule is CC1CCCCC1N1CCCC1CN. The van der Waals surface area contributed by atoms with E-state index < -0.39 is 0 Å². The van der Waals surface area contributed by atoms with Crippen LogP contribution in [0.5, 0.6) is 0 Å². The van der Waals surface area contributed by atoms with Crippen LogP contribution in [0.1, 0.15) is 45.4 Å². The standard InChI is InChI=1S/C12H24N2/c1-10-5-2-3-7-12(10)14-8-4-6-11(14)9-13/h10-12H,2-9,13H2,1H3. The van der Waals surface area contributed by atoms with Crippen LogP contribution in [0.2, 0.25) is 0 Å². The Bertz CT molecular complexity index is 181. The van der Waals surface area contributed by atoms with Gasteiger partial charge in [0.15, 0.2) is 0 Å². The first-order valence-corrected chi connectivity index (χ1v) is 6.28. The molecule has 0 amide bonds. The average molecular weight is 196 g/mol.